The Morgan fingerprint density at radius 3 is 2.65 bits per heavy atom. The van der Waals surface area contributed by atoms with Gasteiger partial charge >= 0.3 is 5.97 Å². The molecule has 8 heteroatoms. The van der Waals surface area contributed by atoms with E-state index in [9.17, 15) is 13.2 Å². The summed E-state index contributed by atoms with van der Waals surface area (Å²) >= 11 is 11.6. The van der Waals surface area contributed by atoms with Gasteiger partial charge in [-0.05, 0) is 24.6 Å². The molecule has 5 nitrogen and oxygen atoms in total. The number of rotatable bonds is 3. The lowest BCUT2D eigenvalue weighted by Crippen LogP contribution is -2.30. The van der Waals surface area contributed by atoms with Crippen LogP contribution in [0, 0.1) is 5.92 Å². The van der Waals surface area contributed by atoms with Crippen molar-refractivity contribution in [3.05, 3.63) is 28.2 Å². The van der Waals surface area contributed by atoms with Gasteiger partial charge in [0.1, 0.15) is 0 Å². The van der Waals surface area contributed by atoms with Crippen LogP contribution in [0.2, 0.25) is 10.0 Å². The van der Waals surface area contributed by atoms with Crippen molar-refractivity contribution in [1.82, 2.24) is 4.31 Å². The molecule has 0 saturated carbocycles. The van der Waals surface area contributed by atoms with E-state index < -0.39 is 21.9 Å². The standard InChI is InChI=1S/C12H13Cl2NO4S/c1-19-12(16)8-4-5-15(7-8)20(17,18)9-2-3-10(13)11(14)6-9/h2-3,6,8H,4-5,7H2,1H3. The molecule has 1 aromatic rings. The van der Waals surface area contributed by atoms with Gasteiger partial charge in [-0.1, -0.05) is 23.2 Å². The van der Waals surface area contributed by atoms with Crippen molar-refractivity contribution < 1.29 is 17.9 Å². The Kier molecular flexibility index (Phi) is 4.59. The van der Waals surface area contributed by atoms with Crippen molar-refractivity contribution in [2.24, 2.45) is 5.92 Å². The molecule has 0 N–H and O–H groups in total. The fraction of sp³-hybridized carbons (Fsp3) is 0.417. The van der Waals surface area contributed by atoms with E-state index in [0.29, 0.717) is 11.4 Å². The molecular formula is C12H13Cl2NO4S. The molecule has 110 valence electrons. The van der Waals surface area contributed by atoms with Gasteiger partial charge in [0.15, 0.2) is 0 Å². The van der Waals surface area contributed by atoms with E-state index >= 15 is 0 Å². The summed E-state index contributed by atoms with van der Waals surface area (Å²) in [5.41, 5.74) is 0. The summed E-state index contributed by atoms with van der Waals surface area (Å²) < 4.78 is 30.7. The number of benzene rings is 1. The maximum Gasteiger partial charge on any atom is 0.310 e. The van der Waals surface area contributed by atoms with Gasteiger partial charge in [-0.3, -0.25) is 4.79 Å². The second-order valence-corrected chi connectivity index (χ2v) is 7.20. The van der Waals surface area contributed by atoms with Crippen LogP contribution in [0.15, 0.2) is 23.1 Å². The van der Waals surface area contributed by atoms with Crippen molar-refractivity contribution in [2.75, 3.05) is 20.2 Å². The zero-order valence-electron chi connectivity index (χ0n) is 10.7. The third-order valence-corrected chi connectivity index (χ3v) is 5.81. The van der Waals surface area contributed by atoms with Crippen LogP contribution >= 0.6 is 23.2 Å². The molecule has 1 aliphatic rings. The first-order valence-corrected chi connectivity index (χ1v) is 8.09. The zero-order valence-corrected chi connectivity index (χ0v) is 13.0. The molecule has 0 aliphatic carbocycles. The monoisotopic (exact) mass is 337 g/mol. The van der Waals surface area contributed by atoms with Gasteiger partial charge in [-0.2, -0.15) is 4.31 Å². The maximum absolute atomic E-state index is 12.4. The van der Waals surface area contributed by atoms with E-state index in [2.05, 4.69) is 4.74 Å². The Morgan fingerprint density at radius 1 is 1.35 bits per heavy atom. The van der Waals surface area contributed by atoms with E-state index in [1.54, 1.807) is 0 Å². The Labute approximate surface area is 127 Å². The van der Waals surface area contributed by atoms with Gasteiger partial charge in [0.2, 0.25) is 10.0 Å². The van der Waals surface area contributed by atoms with E-state index in [-0.39, 0.29) is 23.0 Å². The number of nitrogens with zero attached hydrogens (tertiary/aromatic N) is 1. The summed E-state index contributed by atoms with van der Waals surface area (Å²) in [5.74, 6) is -0.811. The van der Waals surface area contributed by atoms with Crippen molar-refractivity contribution in [1.29, 1.82) is 0 Å². The molecular weight excluding hydrogens is 325 g/mol. The lowest BCUT2D eigenvalue weighted by molar-refractivity contribution is -0.144. The lowest BCUT2D eigenvalue weighted by Gasteiger charge is -2.16. The van der Waals surface area contributed by atoms with Crippen LogP contribution in [-0.4, -0.2) is 38.9 Å². The number of carbonyl (C=O) groups is 1. The number of hydrogen-bond donors (Lipinski definition) is 0. The van der Waals surface area contributed by atoms with Gasteiger partial charge in [-0.25, -0.2) is 8.42 Å². The molecule has 0 amide bonds. The smallest absolute Gasteiger partial charge is 0.310 e. The molecule has 0 spiro atoms. The molecule has 2 rings (SSSR count). The van der Waals surface area contributed by atoms with Crippen molar-refractivity contribution in [3.8, 4) is 0 Å². The molecule has 1 saturated heterocycles. The Morgan fingerprint density at radius 2 is 2.05 bits per heavy atom. The second kappa shape index (κ2) is 5.89. The van der Waals surface area contributed by atoms with Crippen LogP contribution in [0.5, 0.6) is 0 Å². The van der Waals surface area contributed by atoms with E-state index in [4.69, 9.17) is 23.2 Å². The Balaban J connectivity index is 2.23. The number of hydrogen-bond acceptors (Lipinski definition) is 4. The zero-order chi connectivity index (χ0) is 14.9. The number of methoxy groups -OCH3 is 1. The third kappa shape index (κ3) is 2.93. The van der Waals surface area contributed by atoms with E-state index in [1.165, 1.54) is 29.6 Å². The van der Waals surface area contributed by atoms with Crippen LogP contribution < -0.4 is 0 Å². The molecule has 0 aromatic heterocycles. The molecule has 1 atom stereocenters. The average molecular weight is 338 g/mol. The van der Waals surface area contributed by atoms with E-state index in [0.717, 1.165) is 0 Å². The SMILES string of the molecule is COC(=O)C1CCN(S(=O)(=O)c2ccc(Cl)c(Cl)c2)C1. The van der Waals surface area contributed by atoms with Gasteiger partial charge in [0, 0.05) is 13.1 Å². The average Bonchev–Trinajstić information content (AvgIpc) is 2.91. The van der Waals surface area contributed by atoms with Crippen LogP contribution in [-0.2, 0) is 19.6 Å². The minimum Gasteiger partial charge on any atom is -0.469 e. The van der Waals surface area contributed by atoms with Crippen molar-refractivity contribution >= 4 is 39.2 Å². The number of ether oxygens (including phenoxy) is 1. The molecule has 20 heavy (non-hydrogen) atoms. The van der Waals surface area contributed by atoms with E-state index in [1.807, 2.05) is 0 Å². The summed E-state index contributed by atoms with van der Waals surface area (Å²) in [6, 6.07) is 4.14. The highest BCUT2D eigenvalue weighted by atomic mass is 35.5. The second-order valence-electron chi connectivity index (χ2n) is 4.45. The fourth-order valence-electron chi connectivity index (χ4n) is 2.09. The van der Waals surface area contributed by atoms with Crippen molar-refractivity contribution in [2.45, 2.75) is 11.3 Å². The van der Waals surface area contributed by atoms with Crippen LogP contribution in [0.3, 0.4) is 0 Å². The normalized spacial score (nSPS) is 20.1. The third-order valence-electron chi connectivity index (χ3n) is 3.21. The fourth-order valence-corrected chi connectivity index (χ4v) is 3.98. The summed E-state index contributed by atoms with van der Waals surface area (Å²) in [4.78, 5) is 11.5. The van der Waals surface area contributed by atoms with Gasteiger partial charge in [0.05, 0.1) is 28.0 Å². The molecule has 0 radical (unpaired) electrons. The first-order valence-electron chi connectivity index (χ1n) is 5.89. The first kappa shape index (κ1) is 15.6. The molecule has 1 aliphatic heterocycles. The number of halogens is 2. The highest BCUT2D eigenvalue weighted by Gasteiger charge is 2.36. The molecule has 1 heterocycles. The summed E-state index contributed by atoms with van der Waals surface area (Å²) in [6.07, 6.45) is 0.452. The predicted molar refractivity (Wildman–Crippen MR) is 75.3 cm³/mol. The molecule has 1 fully saturated rings. The summed E-state index contributed by atoms with van der Waals surface area (Å²) in [6.45, 7) is 0.400. The highest BCUT2D eigenvalue weighted by Crippen LogP contribution is 2.29. The van der Waals surface area contributed by atoms with Crippen molar-refractivity contribution in [3.63, 3.8) is 0 Å². The number of carbonyl (C=O) groups excluding carboxylic acids is 1. The predicted octanol–water partition coefficient (Wildman–Crippen LogP) is 2.18. The van der Waals surface area contributed by atoms with Crippen LogP contribution in [0.1, 0.15) is 6.42 Å². The topological polar surface area (TPSA) is 63.7 Å². The first-order chi connectivity index (χ1) is 9.36. The number of esters is 1. The van der Waals surface area contributed by atoms with Gasteiger partial charge in [-0.15, -0.1) is 0 Å². The minimum absolute atomic E-state index is 0.0671. The molecule has 1 aromatic carbocycles. The lowest BCUT2D eigenvalue weighted by atomic mass is 10.1. The Hall–Kier alpha value is -0.820. The minimum atomic E-state index is -3.67. The largest absolute Gasteiger partial charge is 0.469 e. The summed E-state index contributed by atoms with van der Waals surface area (Å²) in [5, 5.41) is 0.468. The Bertz CT molecular complexity index is 632. The number of sulfonamides is 1. The summed E-state index contributed by atoms with van der Waals surface area (Å²) in [7, 11) is -2.38. The molecule has 0 bridgehead atoms. The van der Waals surface area contributed by atoms with Crippen LogP contribution in [0.4, 0.5) is 0 Å². The van der Waals surface area contributed by atoms with Gasteiger partial charge < -0.3 is 4.74 Å². The van der Waals surface area contributed by atoms with Crippen LogP contribution in [0.25, 0.3) is 0 Å². The van der Waals surface area contributed by atoms with Gasteiger partial charge in [0.25, 0.3) is 0 Å². The molecule has 1 unspecified atom stereocenters. The maximum atomic E-state index is 12.4. The highest BCUT2D eigenvalue weighted by molar-refractivity contribution is 7.89. The quantitative estimate of drug-likeness (QED) is 0.793.